The molecule has 1 aliphatic carbocycles. The van der Waals surface area contributed by atoms with E-state index in [4.69, 9.17) is 11.6 Å². The molecule has 5 rings (SSSR count). The van der Waals surface area contributed by atoms with Crippen LogP contribution < -0.4 is 5.32 Å². The van der Waals surface area contributed by atoms with E-state index in [2.05, 4.69) is 25.5 Å². The summed E-state index contributed by atoms with van der Waals surface area (Å²) in [5.74, 6) is -2.54. The first-order valence-electron chi connectivity index (χ1n) is 10.3. The van der Waals surface area contributed by atoms with Gasteiger partial charge in [0.05, 0.1) is 46.5 Å². The molecule has 1 aromatic carbocycles. The number of hydrogen-bond donors (Lipinski definition) is 2. The number of rotatable bonds is 6. The van der Waals surface area contributed by atoms with Crippen LogP contribution in [0.15, 0.2) is 24.8 Å². The lowest BCUT2D eigenvalue weighted by Gasteiger charge is -2.16. The zero-order chi connectivity index (χ0) is 24.4. The molecule has 9 nitrogen and oxygen atoms in total. The summed E-state index contributed by atoms with van der Waals surface area (Å²) < 4.78 is 53.7. The van der Waals surface area contributed by atoms with Crippen LogP contribution in [0.5, 0.6) is 0 Å². The molecule has 1 fully saturated rings. The number of carbonyl (C=O) groups excluding carboxylic acids is 1. The van der Waals surface area contributed by atoms with Crippen LogP contribution in [0.2, 0.25) is 5.02 Å². The Balaban J connectivity index is 1.57. The van der Waals surface area contributed by atoms with Gasteiger partial charge in [0.15, 0.2) is 11.5 Å². The number of sulfone groups is 1. The third-order valence-electron chi connectivity index (χ3n) is 5.77. The van der Waals surface area contributed by atoms with Crippen molar-refractivity contribution in [2.75, 3.05) is 17.3 Å². The molecule has 1 unspecified atom stereocenters. The Bertz CT molecular complexity index is 1570. The Morgan fingerprint density at radius 2 is 2.12 bits per heavy atom. The molecule has 4 aromatic rings. The molecule has 0 radical (unpaired) electrons. The number of halogens is 3. The van der Waals surface area contributed by atoms with Gasteiger partial charge in [-0.05, 0) is 6.42 Å². The van der Waals surface area contributed by atoms with Gasteiger partial charge in [-0.25, -0.2) is 22.2 Å². The summed E-state index contributed by atoms with van der Waals surface area (Å²) >= 11 is 6.44. The van der Waals surface area contributed by atoms with Crippen molar-refractivity contribution < 1.29 is 22.0 Å². The maximum absolute atomic E-state index is 15.5. The fourth-order valence-corrected chi connectivity index (χ4v) is 5.51. The lowest BCUT2D eigenvalue weighted by atomic mass is 9.95. The summed E-state index contributed by atoms with van der Waals surface area (Å²) in [5.41, 5.74) is 1.46. The first-order valence-corrected chi connectivity index (χ1v) is 12.8. The molecule has 0 saturated heterocycles. The number of alkyl halides is 1. The number of anilines is 1. The highest BCUT2D eigenvalue weighted by Crippen LogP contribution is 2.41. The van der Waals surface area contributed by atoms with E-state index in [-0.39, 0.29) is 34.1 Å². The highest BCUT2D eigenvalue weighted by Gasteiger charge is 2.43. The van der Waals surface area contributed by atoms with E-state index in [1.165, 1.54) is 18.6 Å². The Kier molecular flexibility index (Phi) is 5.32. The van der Waals surface area contributed by atoms with Crippen molar-refractivity contribution in [3.63, 3.8) is 0 Å². The molecule has 13 heteroatoms. The van der Waals surface area contributed by atoms with E-state index < -0.39 is 39.6 Å². The Morgan fingerprint density at radius 3 is 2.79 bits per heavy atom. The van der Waals surface area contributed by atoms with Gasteiger partial charge in [0, 0.05) is 34.9 Å². The number of amides is 1. The van der Waals surface area contributed by atoms with Crippen molar-refractivity contribution in [2.45, 2.75) is 25.4 Å². The fraction of sp³-hybridized carbons (Fsp3) is 0.333. The summed E-state index contributed by atoms with van der Waals surface area (Å²) in [6, 6.07) is 0. The number of hydrogen-bond acceptors (Lipinski definition) is 6. The van der Waals surface area contributed by atoms with Crippen LogP contribution in [-0.4, -0.2) is 57.1 Å². The number of imidazole rings is 1. The number of fused-ring (bicyclic) bond motifs is 2. The molecular weight excluding hydrogens is 490 g/mol. The summed E-state index contributed by atoms with van der Waals surface area (Å²) in [5, 5.41) is 9.60. The van der Waals surface area contributed by atoms with Crippen molar-refractivity contribution in [1.82, 2.24) is 24.6 Å². The SMILES string of the molecule is CC(CS(C)(=O)=O)c1c(F)c(Cl)c(-c2cn3cc(NC(=O)[C@@H]4C[C@@H]4F)nc3cn2)c2cn[nH]c12. The molecule has 3 heterocycles. The Hall–Kier alpha value is -3.12. The van der Waals surface area contributed by atoms with Crippen LogP contribution in [0, 0.1) is 11.7 Å². The van der Waals surface area contributed by atoms with E-state index >= 15 is 4.39 Å². The number of aromatic amines is 1. The molecule has 0 aliphatic heterocycles. The molecular formula is C21H19ClF2N6O3S. The van der Waals surface area contributed by atoms with Gasteiger partial charge in [0.1, 0.15) is 21.8 Å². The highest BCUT2D eigenvalue weighted by atomic mass is 35.5. The molecule has 34 heavy (non-hydrogen) atoms. The van der Waals surface area contributed by atoms with Crippen molar-refractivity contribution in [1.29, 1.82) is 0 Å². The monoisotopic (exact) mass is 508 g/mol. The second-order valence-electron chi connectivity index (χ2n) is 8.58. The average Bonchev–Trinajstić information content (AvgIpc) is 3.12. The minimum Gasteiger partial charge on any atom is -0.309 e. The first kappa shape index (κ1) is 22.7. The summed E-state index contributed by atoms with van der Waals surface area (Å²) in [6.07, 6.45) is 6.18. The molecule has 3 aromatic heterocycles. The second-order valence-corrected chi connectivity index (χ2v) is 11.1. The van der Waals surface area contributed by atoms with E-state index in [0.29, 0.717) is 22.2 Å². The van der Waals surface area contributed by atoms with Gasteiger partial charge in [0.2, 0.25) is 5.91 Å². The Labute approximate surface area is 197 Å². The third-order valence-corrected chi connectivity index (χ3v) is 7.23. The van der Waals surface area contributed by atoms with Gasteiger partial charge in [-0.2, -0.15) is 5.10 Å². The zero-order valence-corrected chi connectivity index (χ0v) is 19.6. The van der Waals surface area contributed by atoms with Crippen LogP contribution in [0.25, 0.3) is 27.8 Å². The van der Waals surface area contributed by atoms with Crippen LogP contribution in [-0.2, 0) is 14.6 Å². The average molecular weight is 509 g/mol. The van der Waals surface area contributed by atoms with Crippen LogP contribution in [0.4, 0.5) is 14.6 Å². The summed E-state index contributed by atoms with van der Waals surface area (Å²) in [4.78, 5) is 20.6. The van der Waals surface area contributed by atoms with Crippen molar-refractivity contribution in [3.8, 4) is 11.3 Å². The van der Waals surface area contributed by atoms with E-state index in [1.807, 2.05) is 0 Å². The second kappa shape index (κ2) is 7.98. The predicted molar refractivity (Wildman–Crippen MR) is 123 cm³/mol. The lowest BCUT2D eigenvalue weighted by molar-refractivity contribution is -0.117. The molecule has 1 saturated carbocycles. The fourth-order valence-electron chi connectivity index (χ4n) is 4.13. The van der Waals surface area contributed by atoms with E-state index in [0.717, 1.165) is 6.26 Å². The van der Waals surface area contributed by atoms with Crippen LogP contribution in [0.1, 0.15) is 24.8 Å². The van der Waals surface area contributed by atoms with E-state index in [9.17, 15) is 17.6 Å². The Morgan fingerprint density at radius 1 is 1.38 bits per heavy atom. The number of nitrogens with zero attached hydrogens (tertiary/aromatic N) is 4. The van der Waals surface area contributed by atoms with Gasteiger partial charge in [0.25, 0.3) is 0 Å². The molecule has 3 atom stereocenters. The van der Waals surface area contributed by atoms with Gasteiger partial charge in [-0.1, -0.05) is 18.5 Å². The number of aromatic nitrogens is 5. The van der Waals surface area contributed by atoms with Gasteiger partial charge >= 0.3 is 0 Å². The molecule has 178 valence electrons. The zero-order valence-electron chi connectivity index (χ0n) is 18.0. The third kappa shape index (κ3) is 4.00. The molecule has 0 bridgehead atoms. The summed E-state index contributed by atoms with van der Waals surface area (Å²) in [7, 11) is -3.37. The van der Waals surface area contributed by atoms with Crippen molar-refractivity contribution in [2.24, 2.45) is 5.92 Å². The van der Waals surface area contributed by atoms with E-state index in [1.54, 1.807) is 17.5 Å². The molecule has 1 amide bonds. The topological polar surface area (TPSA) is 122 Å². The minimum absolute atomic E-state index is 0.131. The maximum Gasteiger partial charge on any atom is 0.231 e. The molecule has 2 N–H and O–H groups in total. The smallest absolute Gasteiger partial charge is 0.231 e. The lowest BCUT2D eigenvalue weighted by Crippen LogP contribution is -2.15. The predicted octanol–water partition coefficient (Wildman–Crippen LogP) is 3.51. The number of H-pyrrole nitrogens is 1. The number of benzene rings is 1. The van der Waals surface area contributed by atoms with Gasteiger partial charge in [-0.3, -0.25) is 14.9 Å². The van der Waals surface area contributed by atoms with Crippen LogP contribution >= 0.6 is 11.6 Å². The molecule has 1 aliphatic rings. The normalized spacial score (nSPS) is 19.0. The quantitative estimate of drug-likeness (QED) is 0.411. The first-order chi connectivity index (χ1) is 16.0. The highest BCUT2D eigenvalue weighted by molar-refractivity contribution is 7.90. The largest absolute Gasteiger partial charge is 0.309 e. The minimum atomic E-state index is -3.37. The summed E-state index contributed by atoms with van der Waals surface area (Å²) in [6.45, 7) is 1.61. The molecule has 0 spiro atoms. The standard InChI is InChI=1S/C21H19ClF2N6O3S/c1-9(8-34(2,32)33)16-19(24)18(22)17(11-4-26-29-20(11)16)13-6-30-7-14(27-15(30)5-25-13)28-21(31)10-3-12(10)23/h4-7,9-10,12H,3,8H2,1-2H3,(H,26,29)(H,28,31)/t9?,10-,12+/m1/s1. The van der Waals surface area contributed by atoms with Gasteiger partial charge < -0.3 is 9.72 Å². The van der Waals surface area contributed by atoms with Crippen molar-refractivity contribution in [3.05, 3.63) is 41.2 Å². The van der Waals surface area contributed by atoms with Crippen molar-refractivity contribution >= 4 is 49.7 Å². The van der Waals surface area contributed by atoms with Crippen LogP contribution in [0.3, 0.4) is 0 Å². The van der Waals surface area contributed by atoms with Gasteiger partial charge in [-0.15, -0.1) is 0 Å². The number of carbonyl (C=O) groups is 1. The maximum atomic E-state index is 15.5. The number of nitrogens with one attached hydrogen (secondary N) is 2.